The first-order valence-corrected chi connectivity index (χ1v) is 5.74. The van der Waals surface area contributed by atoms with Gasteiger partial charge in [0.15, 0.2) is 0 Å². The average molecular weight is 244 g/mol. The van der Waals surface area contributed by atoms with Crippen molar-refractivity contribution in [2.45, 2.75) is 13.3 Å². The first-order chi connectivity index (χ1) is 8.78. The molecule has 0 aliphatic rings. The molecule has 0 radical (unpaired) electrons. The zero-order valence-electron chi connectivity index (χ0n) is 10.2. The summed E-state index contributed by atoms with van der Waals surface area (Å²) >= 11 is 0. The summed E-state index contributed by atoms with van der Waals surface area (Å²) in [5.74, 6) is 6.46. The number of hydrazine groups is 1. The van der Waals surface area contributed by atoms with Crippen molar-refractivity contribution in [2.24, 2.45) is 5.84 Å². The third-order valence-electron chi connectivity index (χ3n) is 2.40. The van der Waals surface area contributed by atoms with Crippen molar-refractivity contribution in [3.63, 3.8) is 0 Å². The minimum Gasteiger partial charge on any atom is -0.370 e. The maximum atomic E-state index is 5.29. The Morgan fingerprint density at radius 2 is 2.17 bits per heavy atom. The van der Waals surface area contributed by atoms with E-state index in [1.165, 1.54) is 0 Å². The average Bonchev–Trinajstić information content (AvgIpc) is 2.39. The number of aryl methyl sites for hydroxylation is 1. The molecule has 4 N–H and O–H groups in total. The molecule has 2 heterocycles. The highest BCUT2D eigenvalue weighted by atomic mass is 15.3. The maximum Gasteiger partial charge on any atom is 0.239 e. The van der Waals surface area contributed by atoms with Crippen LogP contribution in [0.2, 0.25) is 0 Å². The Kier molecular flexibility index (Phi) is 4.03. The van der Waals surface area contributed by atoms with E-state index in [0.29, 0.717) is 5.95 Å². The van der Waals surface area contributed by atoms with E-state index in [2.05, 4.69) is 25.7 Å². The summed E-state index contributed by atoms with van der Waals surface area (Å²) in [5.41, 5.74) is 4.35. The number of hydrogen-bond donors (Lipinski definition) is 3. The molecule has 6 nitrogen and oxygen atoms in total. The maximum absolute atomic E-state index is 5.29. The van der Waals surface area contributed by atoms with Crippen LogP contribution in [-0.2, 0) is 6.42 Å². The van der Waals surface area contributed by atoms with Crippen molar-refractivity contribution in [2.75, 3.05) is 17.3 Å². The van der Waals surface area contributed by atoms with E-state index in [4.69, 9.17) is 5.84 Å². The predicted molar refractivity (Wildman–Crippen MR) is 71.0 cm³/mol. The highest BCUT2D eigenvalue weighted by Gasteiger charge is 2.00. The van der Waals surface area contributed by atoms with Crippen LogP contribution in [0.15, 0.2) is 30.5 Å². The van der Waals surface area contributed by atoms with Gasteiger partial charge in [-0.15, -0.1) is 0 Å². The van der Waals surface area contributed by atoms with Gasteiger partial charge in [-0.1, -0.05) is 6.07 Å². The van der Waals surface area contributed by atoms with Gasteiger partial charge >= 0.3 is 0 Å². The van der Waals surface area contributed by atoms with Gasteiger partial charge < -0.3 is 5.32 Å². The topological polar surface area (TPSA) is 88.8 Å². The Bertz CT molecular complexity index is 499. The highest BCUT2D eigenvalue weighted by molar-refractivity contribution is 5.41. The Hall–Kier alpha value is -2.21. The number of nitrogens with one attached hydrogen (secondary N) is 2. The number of nitrogens with zero attached hydrogens (tertiary/aromatic N) is 3. The zero-order chi connectivity index (χ0) is 12.8. The number of hydrogen-bond acceptors (Lipinski definition) is 6. The quantitative estimate of drug-likeness (QED) is 0.539. The number of pyridine rings is 1. The van der Waals surface area contributed by atoms with E-state index in [1.807, 2.05) is 31.2 Å². The molecule has 0 spiro atoms. The van der Waals surface area contributed by atoms with Gasteiger partial charge in [-0.3, -0.25) is 10.4 Å². The lowest BCUT2D eigenvalue weighted by Crippen LogP contribution is -2.13. The monoisotopic (exact) mass is 244 g/mol. The smallest absolute Gasteiger partial charge is 0.239 e. The minimum atomic E-state index is 0.412. The third kappa shape index (κ3) is 3.39. The van der Waals surface area contributed by atoms with E-state index in [9.17, 15) is 0 Å². The molecular formula is C12H16N6. The Labute approximate surface area is 106 Å². The van der Waals surface area contributed by atoms with Gasteiger partial charge in [-0.05, 0) is 19.1 Å². The van der Waals surface area contributed by atoms with Crippen LogP contribution in [0.1, 0.15) is 11.4 Å². The van der Waals surface area contributed by atoms with Crippen LogP contribution in [-0.4, -0.2) is 21.5 Å². The number of anilines is 2. The molecule has 94 valence electrons. The number of nitrogens with two attached hydrogens (primary N) is 1. The van der Waals surface area contributed by atoms with Crippen LogP contribution in [0.4, 0.5) is 11.8 Å². The zero-order valence-corrected chi connectivity index (χ0v) is 10.2. The molecule has 0 aliphatic heterocycles. The van der Waals surface area contributed by atoms with Gasteiger partial charge in [0.25, 0.3) is 0 Å². The van der Waals surface area contributed by atoms with Gasteiger partial charge in [0.05, 0.1) is 0 Å². The van der Waals surface area contributed by atoms with Gasteiger partial charge in [-0.25, -0.2) is 10.8 Å². The van der Waals surface area contributed by atoms with Crippen LogP contribution in [0.3, 0.4) is 0 Å². The van der Waals surface area contributed by atoms with Crippen LogP contribution in [0.5, 0.6) is 0 Å². The van der Waals surface area contributed by atoms with Crippen LogP contribution >= 0.6 is 0 Å². The molecule has 0 saturated heterocycles. The van der Waals surface area contributed by atoms with Crippen molar-refractivity contribution in [1.82, 2.24) is 15.0 Å². The Morgan fingerprint density at radius 3 is 2.89 bits per heavy atom. The third-order valence-corrected chi connectivity index (χ3v) is 2.40. The summed E-state index contributed by atoms with van der Waals surface area (Å²) in [4.78, 5) is 12.6. The summed E-state index contributed by atoms with van der Waals surface area (Å²) in [6.07, 6.45) is 2.63. The lowest BCUT2D eigenvalue weighted by atomic mass is 10.3. The largest absolute Gasteiger partial charge is 0.370 e. The summed E-state index contributed by atoms with van der Waals surface area (Å²) < 4.78 is 0. The second-order valence-corrected chi connectivity index (χ2v) is 3.86. The normalized spacial score (nSPS) is 10.1. The van der Waals surface area contributed by atoms with Gasteiger partial charge in [-0.2, -0.15) is 4.98 Å². The molecule has 6 heteroatoms. The van der Waals surface area contributed by atoms with E-state index < -0.39 is 0 Å². The van der Waals surface area contributed by atoms with E-state index in [1.54, 1.807) is 6.20 Å². The molecule has 2 aromatic heterocycles. The van der Waals surface area contributed by atoms with E-state index in [0.717, 1.165) is 30.2 Å². The molecule has 0 bridgehead atoms. The summed E-state index contributed by atoms with van der Waals surface area (Å²) in [7, 11) is 0. The van der Waals surface area contributed by atoms with Crippen molar-refractivity contribution in [3.05, 3.63) is 41.9 Å². The fourth-order valence-corrected chi connectivity index (χ4v) is 1.59. The first kappa shape index (κ1) is 12.3. The second kappa shape index (κ2) is 5.92. The first-order valence-electron chi connectivity index (χ1n) is 5.74. The minimum absolute atomic E-state index is 0.412. The molecular weight excluding hydrogens is 228 g/mol. The number of nitrogen functional groups attached to an aromatic ring is 1. The fourth-order valence-electron chi connectivity index (χ4n) is 1.59. The molecule has 0 unspecified atom stereocenters. The van der Waals surface area contributed by atoms with Crippen LogP contribution in [0, 0.1) is 6.92 Å². The Balaban J connectivity index is 1.92. The second-order valence-electron chi connectivity index (χ2n) is 3.86. The Morgan fingerprint density at radius 1 is 1.28 bits per heavy atom. The fraction of sp³-hybridized carbons (Fsp3) is 0.250. The lowest BCUT2D eigenvalue weighted by molar-refractivity contribution is 0.947. The van der Waals surface area contributed by atoms with Crippen molar-refractivity contribution >= 4 is 11.8 Å². The molecule has 0 aliphatic carbocycles. The van der Waals surface area contributed by atoms with Gasteiger partial charge in [0.1, 0.15) is 5.82 Å². The molecule has 0 aromatic carbocycles. The van der Waals surface area contributed by atoms with Gasteiger partial charge in [0, 0.05) is 36.6 Å². The molecule has 0 fully saturated rings. The standard InChI is InChI=1S/C12H16N6/c1-9-8-11(17-12(16-9)18-13)15-7-5-10-4-2-3-6-14-10/h2-4,6,8H,5,7,13H2,1H3,(H2,15,16,17,18). The summed E-state index contributed by atoms with van der Waals surface area (Å²) in [6, 6.07) is 7.76. The lowest BCUT2D eigenvalue weighted by Gasteiger charge is -2.07. The SMILES string of the molecule is Cc1cc(NCCc2ccccn2)nc(NN)n1. The van der Waals surface area contributed by atoms with Crippen molar-refractivity contribution in [3.8, 4) is 0 Å². The van der Waals surface area contributed by atoms with E-state index >= 15 is 0 Å². The highest BCUT2D eigenvalue weighted by Crippen LogP contribution is 2.08. The van der Waals surface area contributed by atoms with E-state index in [-0.39, 0.29) is 0 Å². The number of rotatable bonds is 5. The van der Waals surface area contributed by atoms with Crippen molar-refractivity contribution < 1.29 is 0 Å². The molecule has 2 rings (SSSR count). The molecule has 18 heavy (non-hydrogen) atoms. The molecule has 0 saturated carbocycles. The van der Waals surface area contributed by atoms with Gasteiger partial charge in [0.2, 0.25) is 5.95 Å². The molecule has 2 aromatic rings. The molecule has 0 atom stereocenters. The molecule has 0 amide bonds. The van der Waals surface area contributed by atoms with Crippen molar-refractivity contribution in [1.29, 1.82) is 0 Å². The van der Waals surface area contributed by atoms with Crippen LogP contribution in [0.25, 0.3) is 0 Å². The summed E-state index contributed by atoms with van der Waals surface area (Å²) in [5, 5.41) is 3.22. The van der Waals surface area contributed by atoms with Crippen LogP contribution < -0.4 is 16.6 Å². The summed E-state index contributed by atoms with van der Waals surface area (Å²) in [6.45, 7) is 2.66. The number of aromatic nitrogens is 3. The predicted octanol–water partition coefficient (Wildman–Crippen LogP) is 1.12.